The molecule has 33 heavy (non-hydrogen) atoms. The standard InChI is InChI=1S/C27H25ClN2O3/c1-5-18-7-10-20(11-8-18)30-26(31)24(21-12-6-16(2)14-17(21)3)25(27(30)32)29-22-15-19(28)9-13-23(22)33-4/h6-15,29H,5H2,1-4H3. The molecule has 0 aromatic heterocycles. The number of hydrogen-bond donors (Lipinski definition) is 1. The summed E-state index contributed by atoms with van der Waals surface area (Å²) in [6.45, 7) is 5.98. The Labute approximate surface area is 198 Å². The molecule has 1 heterocycles. The second-order valence-electron chi connectivity index (χ2n) is 8.00. The van der Waals surface area contributed by atoms with Gasteiger partial charge >= 0.3 is 0 Å². The van der Waals surface area contributed by atoms with E-state index in [9.17, 15) is 9.59 Å². The number of anilines is 2. The van der Waals surface area contributed by atoms with E-state index in [0.29, 0.717) is 33.3 Å². The summed E-state index contributed by atoms with van der Waals surface area (Å²) in [5, 5.41) is 3.63. The van der Waals surface area contributed by atoms with Gasteiger partial charge in [0.15, 0.2) is 0 Å². The fourth-order valence-corrected chi connectivity index (χ4v) is 4.19. The molecule has 3 aromatic carbocycles. The first kappa shape index (κ1) is 22.6. The minimum absolute atomic E-state index is 0.187. The van der Waals surface area contributed by atoms with Crippen LogP contribution in [0.5, 0.6) is 5.75 Å². The van der Waals surface area contributed by atoms with Gasteiger partial charge in [0.05, 0.1) is 24.1 Å². The van der Waals surface area contributed by atoms with Crippen molar-refractivity contribution >= 4 is 40.4 Å². The molecule has 0 unspecified atom stereocenters. The van der Waals surface area contributed by atoms with Gasteiger partial charge in [0.25, 0.3) is 11.8 Å². The summed E-state index contributed by atoms with van der Waals surface area (Å²) in [6.07, 6.45) is 0.871. The van der Waals surface area contributed by atoms with Gasteiger partial charge in [0.2, 0.25) is 0 Å². The molecule has 6 heteroatoms. The summed E-state index contributed by atoms with van der Waals surface area (Å²) in [4.78, 5) is 28.5. The van der Waals surface area contributed by atoms with Gasteiger partial charge in [-0.15, -0.1) is 0 Å². The molecule has 0 spiro atoms. The lowest BCUT2D eigenvalue weighted by atomic mass is 9.97. The van der Waals surface area contributed by atoms with Crippen molar-refractivity contribution in [3.8, 4) is 5.75 Å². The maximum atomic E-state index is 13.7. The molecule has 4 rings (SSSR count). The highest BCUT2D eigenvalue weighted by molar-refractivity contribution is 6.46. The number of carbonyl (C=O) groups is 2. The van der Waals surface area contributed by atoms with Crippen LogP contribution in [-0.2, 0) is 16.0 Å². The molecule has 1 aliphatic rings. The van der Waals surface area contributed by atoms with Crippen LogP contribution in [0.4, 0.5) is 11.4 Å². The third-order valence-electron chi connectivity index (χ3n) is 5.76. The summed E-state index contributed by atoms with van der Waals surface area (Å²) >= 11 is 6.20. The molecule has 0 saturated heterocycles. The minimum atomic E-state index is -0.429. The van der Waals surface area contributed by atoms with E-state index in [4.69, 9.17) is 16.3 Å². The van der Waals surface area contributed by atoms with Gasteiger partial charge < -0.3 is 10.1 Å². The Bertz CT molecular complexity index is 1280. The van der Waals surface area contributed by atoms with Crippen LogP contribution in [-0.4, -0.2) is 18.9 Å². The zero-order valence-corrected chi connectivity index (χ0v) is 19.8. The minimum Gasteiger partial charge on any atom is -0.495 e. The number of halogens is 1. The van der Waals surface area contributed by atoms with E-state index >= 15 is 0 Å². The van der Waals surface area contributed by atoms with Crippen LogP contribution >= 0.6 is 11.6 Å². The van der Waals surface area contributed by atoms with Crippen LogP contribution in [0.2, 0.25) is 5.02 Å². The quantitative estimate of drug-likeness (QED) is 0.463. The Morgan fingerprint density at radius 1 is 0.939 bits per heavy atom. The smallest absolute Gasteiger partial charge is 0.282 e. The Hall–Kier alpha value is -3.57. The van der Waals surface area contributed by atoms with E-state index in [-0.39, 0.29) is 11.6 Å². The summed E-state index contributed by atoms with van der Waals surface area (Å²) in [7, 11) is 1.54. The number of methoxy groups -OCH3 is 1. The number of imide groups is 1. The highest BCUT2D eigenvalue weighted by Gasteiger charge is 2.41. The average molecular weight is 461 g/mol. The number of nitrogens with one attached hydrogen (secondary N) is 1. The summed E-state index contributed by atoms with van der Waals surface area (Å²) in [6, 6.07) is 18.4. The van der Waals surface area contributed by atoms with E-state index in [1.807, 2.05) is 44.2 Å². The fourth-order valence-electron chi connectivity index (χ4n) is 4.02. The molecular weight excluding hydrogens is 436 g/mol. The SMILES string of the molecule is CCc1ccc(N2C(=O)C(Nc3cc(Cl)ccc3OC)=C(c3ccc(C)cc3C)C2=O)cc1. The molecule has 168 valence electrons. The lowest BCUT2D eigenvalue weighted by Crippen LogP contribution is -2.32. The maximum Gasteiger partial charge on any atom is 0.282 e. The number of nitrogens with zero attached hydrogens (tertiary/aromatic N) is 1. The second kappa shape index (κ2) is 9.12. The predicted molar refractivity (Wildman–Crippen MR) is 133 cm³/mol. The number of ether oxygens (including phenoxy) is 1. The van der Waals surface area contributed by atoms with E-state index in [2.05, 4.69) is 12.2 Å². The van der Waals surface area contributed by atoms with E-state index in [0.717, 1.165) is 23.1 Å². The molecule has 5 nitrogen and oxygen atoms in total. The predicted octanol–water partition coefficient (Wildman–Crippen LogP) is 5.92. The molecule has 1 N–H and O–H groups in total. The molecular formula is C27H25ClN2O3. The van der Waals surface area contributed by atoms with Crippen molar-refractivity contribution in [1.82, 2.24) is 0 Å². The van der Waals surface area contributed by atoms with E-state index < -0.39 is 5.91 Å². The van der Waals surface area contributed by atoms with Gasteiger partial charge in [0, 0.05) is 5.02 Å². The summed E-state index contributed by atoms with van der Waals surface area (Å²) in [5.41, 5.74) is 5.35. The highest BCUT2D eigenvalue weighted by Crippen LogP contribution is 2.37. The first-order valence-corrected chi connectivity index (χ1v) is 11.1. The van der Waals surface area contributed by atoms with Crippen LogP contribution in [0.15, 0.2) is 66.4 Å². The molecule has 2 amide bonds. The average Bonchev–Trinajstić information content (AvgIpc) is 3.03. The lowest BCUT2D eigenvalue weighted by Gasteiger charge is -2.16. The molecule has 0 saturated carbocycles. The number of rotatable bonds is 6. The number of carbonyl (C=O) groups excluding carboxylic acids is 2. The largest absolute Gasteiger partial charge is 0.495 e. The number of benzene rings is 3. The van der Waals surface area contributed by atoms with Gasteiger partial charge in [-0.1, -0.05) is 54.4 Å². The van der Waals surface area contributed by atoms with Crippen LogP contribution in [0.25, 0.3) is 5.57 Å². The van der Waals surface area contributed by atoms with Crippen molar-refractivity contribution in [2.75, 3.05) is 17.3 Å². The highest BCUT2D eigenvalue weighted by atomic mass is 35.5. The first-order valence-electron chi connectivity index (χ1n) is 10.7. The molecule has 0 aliphatic carbocycles. The molecule has 0 bridgehead atoms. The number of hydrogen-bond acceptors (Lipinski definition) is 4. The molecule has 0 atom stereocenters. The second-order valence-corrected chi connectivity index (χ2v) is 8.44. The van der Waals surface area contributed by atoms with Crippen molar-refractivity contribution in [3.05, 3.63) is 93.6 Å². The summed E-state index contributed by atoms with van der Waals surface area (Å²) in [5.74, 6) is -0.293. The number of amides is 2. The van der Waals surface area contributed by atoms with Gasteiger partial charge in [-0.05, 0) is 67.3 Å². The van der Waals surface area contributed by atoms with Crippen LogP contribution in [0.3, 0.4) is 0 Å². The van der Waals surface area contributed by atoms with Crippen molar-refractivity contribution < 1.29 is 14.3 Å². The Morgan fingerprint density at radius 2 is 1.67 bits per heavy atom. The lowest BCUT2D eigenvalue weighted by molar-refractivity contribution is -0.120. The third kappa shape index (κ3) is 4.24. The summed E-state index contributed by atoms with van der Waals surface area (Å²) < 4.78 is 5.44. The topological polar surface area (TPSA) is 58.6 Å². The van der Waals surface area contributed by atoms with Crippen molar-refractivity contribution in [2.45, 2.75) is 27.2 Å². The van der Waals surface area contributed by atoms with Crippen LogP contribution in [0, 0.1) is 13.8 Å². The van der Waals surface area contributed by atoms with Gasteiger partial charge in [-0.25, -0.2) is 4.90 Å². The van der Waals surface area contributed by atoms with Crippen molar-refractivity contribution in [1.29, 1.82) is 0 Å². The normalized spacial score (nSPS) is 13.7. The zero-order chi connectivity index (χ0) is 23.7. The Morgan fingerprint density at radius 3 is 2.30 bits per heavy atom. The first-order chi connectivity index (χ1) is 15.8. The molecule has 0 fully saturated rings. The monoisotopic (exact) mass is 460 g/mol. The van der Waals surface area contributed by atoms with Crippen molar-refractivity contribution in [2.24, 2.45) is 0 Å². The van der Waals surface area contributed by atoms with Crippen molar-refractivity contribution in [3.63, 3.8) is 0 Å². The van der Waals surface area contributed by atoms with Gasteiger partial charge in [0.1, 0.15) is 11.4 Å². The zero-order valence-electron chi connectivity index (χ0n) is 19.0. The Balaban J connectivity index is 1.86. The molecule has 1 aliphatic heterocycles. The third-order valence-corrected chi connectivity index (χ3v) is 5.99. The Kier molecular flexibility index (Phi) is 6.25. The van der Waals surface area contributed by atoms with Crippen LogP contribution in [0.1, 0.15) is 29.2 Å². The fraction of sp³-hybridized carbons (Fsp3) is 0.185. The van der Waals surface area contributed by atoms with Crippen LogP contribution < -0.4 is 15.0 Å². The molecule has 3 aromatic rings. The van der Waals surface area contributed by atoms with E-state index in [1.54, 1.807) is 30.3 Å². The number of aryl methyl sites for hydroxylation is 3. The van der Waals surface area contributed by atoms with Gasteiger partial charge in [-0.3, -0.25) is 9.59 Å². The van der Waals surface area contributed by atoms with E-state index in [1.165, 1.54) is 12.0 Å². The maximum absolute atomic E-state index is 13.7. The van der Waals surface area contributed by atoms with Gasteiger partial charge in [-0.2, -0.15) is 0 Å². The molecule has 0 radical (unpaired) electrons.